The van der Waals surface area contributed by atoms with Crippen LogP contribution in [0.4, 0.5) is 10.5 Å². The third kappa shape index (κ3) is 5.23. The van der Waals surface area contributed by atoms with Crippen molar-refractivity contribution in [1.82, 2.24) is 9.80 Å². The van der Waals surface area contributed by atoms with Gasteiger partial charge in [0.1, 0.15) is 5.60 Å². The van der Waals surface area contributed by atoms with Crippen molar-refractivity contribution < 1.29 is 19.1 Å². The fourth-order valence-corrected chi connectivity index (χ4v) is 3.99. The molecule has 3 rings (SSSR count). The van der Waals surface area contributed by atoms with Crippen molar-refractivity contribution in [3.63, 3.8) is 0 Å². The Labute approximate surface area is 176 Å². The second kappa shape index (κ2) is 8.65. The average Bonchev–Trinajstić information content (AvgIpc) is 3.08. The van der Waals surface area contributed by atoms with Crippen LogP contribution in [0.5, 0.6) is 0 Å². The number of benzene rings is 1. The Bertz CT molecular complexity index is 767. The first-order valence-corrected chi connectivity index (χ1v) is 11.1. The highest BCUT2D eigenvalue weighted by Crippen LogP contribution is 2.28. The summed E-state index contributed by atoms with van der Waals surface area (Å²) in [6.07, 6.45) is 1.89. The lowest BCUT2D eigenvalue weighted by molar-refractivity contribution is -0.137. The van der Waals surface area contributed by atoms with Crippen molar-refractivity contribution in [3.8, 4) is 0 Å². The monoisotopic (exact) mass is 419 g/mol. The van der Waals surface area contributed by atoms with E-state index >= 15 is 0 Å². The normalized spacial score (nSPS) is 20.2. The second-order valence-electron chi connectivity index (χ2n) is 8.40. The molecule has 1 aromatic rings. The fraction of sp³-hybridized carbons (Fsp3) is 0.571. The van der Waals surface area contributed by atoms with E-state index in [1.807, 2.05) is 51.3 Å². The SMILES string of the molecule is CSc1ccc(N2C[C@@H](C(=O)N3CCN(C(=O)OC(C)(C)C)CC3)CC2=O)cc1. The molecule has 2 aliphatic rings. The van der Waals surface area contributed by atoms with Gasteiger partial charge in [-0.25, -0.2) is 4.79 Å². The Balaban J connectivity index is 1.55. The maximum absolute atomic E-state index is 12.9. The maximum Gasteiger partial charge on any atom is 0.410 e. The molecule has 0 radical (unpaired) electrons. The summed E-state index contributed by atoms with van der Waals surface area (Å²) in [6, 6.07) is 7.82. The van der Waals surface area contributed by atoms with Gasteiger partial charge in [-0.05, 0) is 51.3 Å². The van der Waals surface area contributed by atoms with Crippen LogP contribution < -0.4 is 4.90 Å². The molecule has 0 bridgehead atoms. The highest BCUT2D eigenvalue weighted by atomic mass is 32.2. The first-order chi connectivity index (χ1) is 13.7. The molecule has 0 saturated carbocycles. The molecule has 2 aliphatic heterocycles. The van der Waals surface area contributed by atoms with Crippen LogP contribution in [0.1, 0.15) is 27.2 Å². The van der Waals surface area contributed by atoms with E-state index in [1.54, 1.807) is 26.5 Å². The second-order valence-corrected chi connectivity index (χ2v) is 9.28. The molecular weight excluding hydrogens is 390 g/mol. The highest BCUT2D eigenvalue weighted by molar-refractivity contribution is 7.98. The summed E-state index contributed by atoms with van der Waals surface area (Å²) < 4.78 is 5.40. The Hall–Kier alpha value is -2.22. The lowest BCUT2D eigenvalue weighted by Crippen LogP contribution is -2.53. The molecule has 2 heterocycles. The maximum atomic E-state index is 12.9. The van der Waals surface area contributed by atoms with E-state index in [0.717, 1.165) is 10.6 Å². The first-order valence-electron chi connectivity index (χ1n) is 9.89. The van der Waals surface area contributed by atoms with Gasteiger partial charge in [-0.1, -0.05) is 0 Å². The van der Waals surface area contributed by atoms with E-state index in [4.69, 9.17) is 4.74 Å². The number of hydrogen-bond donors (Lipinski definition) is 0. The Morgan fingerprint density at radius 2 is 1.62 bits per heavy atom. The summed E-state index contributed by atoms with van der Waals surface area (Å²) in [4.78, 5) is 43.8. The molecule has 0 aromatic heterocycles. The lowest BCUT2D eigenvalue weighted by Gasteiger charge is -2.36. The molecule has 0 spiro atoms. The van der Waals surface area contributed by atoms with Gasteiger partial charge in [0.05, 0.1) is 5.92 Å². The Morgan fingerprint density at radius 3 is 2.17 bits per heavy atom. The van der Waals surface area contributed by atoms with Gasteiger partial charge in [-0.15, -0.1) is 11.8 Å². The molecule has 0 N–H and O–H groups in total. The van der Waals surface area contributed by atoms with Crippen LogP contribution in [0.2, 0.25) is 0 Å². The van der Waals surface area contributed by atoms with Gasteiger partial charge < -0.3 is 19.4 Å². The molecular formula is C21H29N3O4S. The molecule has 0 aliphatic carbocycles. The van der Waals surface area contributed by atoms with E-state index in [9.17, 15) is 14.4 Å². The Kier molecular flexibility index (Phi) is 6.41. The van der Waals surface area contributed by atoms with Crippen LogP contribution in [0.25, 0.3) is 0 Å². The summed E-state index contributed by atoms with van der Waals surface area (Å²) in [7, 11) is 0. The van der Waals surface area contributed by atoms with Crippen LogP contribution in [0.15, 0.2) is 29.2 Å². The summed E-state index contributed by atoms with van der Waals surface area (Å²) in [5.74, 6) is -0.367. The van der Waals surface area contributed by atoms with Crippen molar-refractivity contribution in [3.05, 3.63) is 24.3 Å². The molecule has 2 saturated heterocycles. The summed E-state index contributed by atoms with van der Waals surface area (Å²) in [6.45, 7) is 7.73. The number of carbonyl (C=O) groups excluding carboxylic acids is 3. The molecule has 7 nitrogen and oxygen atoms in total. The van der Waals surface area contributed by atoms with E-state index in [0.29, 0.717) is 32.7 Å². The number of nitrogens with zero attached hydrogens (tertiary/aromatic N) is 3. The number of anilines is 1. The van der Waals surface area contributed by atoms with Crippen LogP contribution in [-0.2, 0) is 14.3 Å². The van der Waals surface area contributed by atoms with E-state index in [1.165, 1.54) is 0 Å². The number of thioether (sulfide) groups is 1. The standard InChI is InChI=1S/C21H29N3O4S/c1-21(2,3)28-20(27)23-11-9-22(10-12-23)19(26)15-13-18(25)24(14-15)16-5-7-17(29-4)8-6-16/h5-8,15H,9-14H2,1-4H3/t15-/m0/s1. The molecule has 8 heteroatoms. The van der Waals surface area contributed by atoms with Gasteiger partial charge in [0.15, 0.2) is 0 Å². The first kappa shape index (κ1) is 21.5. The third-order valence-electron chi connectivity index (χ3n) is 5.10. The molecule has 3 amide bonds. The van der Waals surface area contributed by atoms with Crippen molar-refractivity contribution in [2.24, 2.45) is 5.92 Å². The minimum atomic E-state index is -0.536. The summed E-state index contributed by atoms with van der Waals surface area (Å²) >= 11 is 1.65. The van der Waals surface area contributed by atoms with Crippen molar-refractivity contribution in [1.29, 1.82) is 0 Å². The van der Waals surface area contributed by atoms with Gasteiger partial charge in [-0.2, -0.15) is 0 Å². The zero-order chi connectivity index (χ0) is 21.2. The number of amides is 3. The van der Waals surface area contributed by atoms with Gasteiger partial charge >= 0.3 is 6.09 Å². The lowest BCUT2D eigenvalue weighted by atomic mass is 10.1. The van der Waals surface area contributed by atoms with Gasteiger partial charge in [-0.3, -0.25) is 9.59 Å². The van der Waals surface area contributed by atoms with Gasteiger partial charge in [0.25, 0.3) is 0 Å². The number of carbonyl (C=O) groups is 3. The van der Waals surface area contributed by atoms with Crippen molar-refractivity contribution >= 4 is 35.4 Å². The fourth-order valence-electron chi connectivity index (χ4n) is 3.58. The zero-order valence-corrected chi connectivity index (χ0v) is 18.3. The molecule has 0 unspecified atom stereocenters. The smallest absolute Gasteiger partial charge is 0.410 e. The third-order valence-corrected chi connectivity index (χ3v) is 5.84. The van der Waals surface area contributed by atoms with Gasteiger partial charge in [0.2, 0.25) is 11.8 Å². The predicted molar refractivity (Wildman–Crippen MR) is 113 cm³/mol. The van der Waals surface area contributed by atoms with Crippen LogP contribution >= 0.6 is 11.8 Å². The van der Waals surface area contributed by atoms with Crippen LogP contribution in [0.3, 0.4) is 0 Å². The number of piperazine rings is 1. The number of ether oxygens (including phenoxy) is 1. The van der Waals surface area contributed by atoms with Crippen LogP contribution in [-0.4, -0.2) is 72.3 Å². The quantitative estimate of drug-likeness (QED) is 0.705. The van der Waals surface area contributed by atoms with Crippen molar-refractivity contribution in [2.45, 2.75) is 37.7 Å². The van der Waals surface area contributed by atoms with E-state index < -0.39 is 5.60 Å². The summed E-state index contributed by atoms with van der Waals surface area (Å²) in [5, 5.41) is 0. The zero-order valence-electron chi connectivity index (χ0n) is 17.5. The minimum absolute atomic E-state index is 0.00887. The Morgan fingerprint density at radius 1 is 1.03 bits per heavy atom. The summed E-state index contributed by atoms with van der Waals surface area (Å²) in [5.41, 5.74) is 0.295. The molecule has 158 valence electrons. The van der Waals surface area contributed by atoms with E-state index in [-0.39, 0.29) is 30.2 Å². The largest absolute Gasteiger partial charge is 0.444 e. The molecule has 29 heavy (non-hydrogen) atoms. The molecule has 2 fully saturated rings. The van der Waals surface area contributed by atoms with Gasteiger partial charge in [0, 0.05) is 49.7 Å². The predicted octanol–water partition coefficient (Wildman–Crippen LogP) is 2.84. The van der Waals surface area contributed by atoms with E-state index in [2.05, 4.69) is 0 Å². The van der Waals surface area contributed by atoms with Crippen LogP contribution in [0, 0.1) is 5.92 Å². The topological polar surface area (TPSA) is 70.2 Å². The minimum Gasteiger partial charge on any atom is -0.444 e. The molecule has 1 atom stereocenters. The average molecular weight is 420 g/mol. The highest BCUT2D eigenvalue weighted by Gasteiger charge is 2.38. The molecule has 1 aromatic carbocycles. The number of hydrogen-bond acceptors (Lipinski definition) is 5. The van der Waals surface area contributed by atoms with Crippen molar-refractivity contribution in [2.75, 3.05) is 43.9 Å². The number of rotatable bonds is 3.